The molecular weight excluding hydrogens is 482 g/mol. The first kappa shape index (κ1) is 32.2. The molecule has 0 saturated carbocycles. The van der Waals surface area contributed by atoms with Gasteiger partial charge in [0.25, 0.3) is 0 Å². The number of primary amides is 1. The summed E-state index contributed by atoms with van der Waals surface area (Å²) in [5, 5.41) is 33.9. The monoisotopic (exact) mass is 517 g/mol. The lowest BCUT2D eigenvalue weighted by Crippen LogP contribution is -2.57. The first-order valence-electron chi connectivity index (χ1n) is 11.2. The predicted molar refractivity (Wildman–Crippen MR) is 123 cm³/mol. The highest BCUT2D eigenvalue weighted by molar-refractivity contribution is 5.94. The van der Waals surface area contributed by atoms with Crippen LogP contribution in [0.4, 0.5) is 0 Å². The second kappa shape index (κ2) is 16.0. The zero-order valence-electron chi connectivity index (χ0n) is 20.2. The van der Waals surface area contributed by atoms with Gasteiger partial charge in [-0.25, -0.2) is 4.79 Å². The fourth-order valence-electron chi connectivity index (χ4n) is 3.02. The number of carboxylic acid groups (broad SMARTS) is 3. The molecule has 10 N–H and O–H groups in total. The van der Waals surface area contributed by atoms with Crippen molar-refractivity contribution in [2.45, 2.75) is 83.0 Å². The van der Waals surface area contributed by atoms with E-state index in [1.807, 2.05) is 0 Å². The van der Waals surface area contributed by atoms with E-state index in [1.165, 1.54) is 0 Å². The van der Waals surface area contributed by atoms with E-state index in [1.54, 1.807) is 13.8 Å². The Labute approximate surface area is 207 Å². The lowest BCUT2D eigenvalue weighted by atomic mass is 10.0. The zero-order chi connectivity index (χ0) is 28.0. The van der Waals surface area contributed by atoms with E-state index in [4.69, 9.17) is 21.7 Å². The van der Waals surface area contributed by atoms with E-state index in [0.717, 1.165) is 0 Å². The molecule has 0 aromatic carbocycles. The van der Waals surface area contributed by atoms with Crippen molar-refractivity contribution < 1.29 is 48.9 Å². The number of hydrogen-bond donors (Lipinski definition) is 8. The van der Waals surface area contributed by atoms with E-state index in [0.29, 0.717) is 0 Å². The summed E-state index contributed by atoms with van der Waals surface area (Å²) in [4.78, 5) is 82.1. The molecule has 0 heterocycles. The quantitative estimate of drug-likeness (QED) is 0.0974. The minimum absolute atomic E-state index is 0.0669. The molecule has 0 radical (unpaired) electrons. The molecule has 0 fully saturated rings. The summed E-state index contributed by atoms with van der Waals surface area (Å²) in [7, 11) is 0. The first-order valence-corrected chi connectivity index (χ1v) is 11.2. The van der Waals surface area contributed by atoms with Crippen molar-refractivity contribution >= 4 is 41.5 Å². The van der Waals surface area contributed by atoms with Gasteiger partial charge in [0.2, 0.25) is 23.6 Å². The van der Waals surface area contributed by atoms with Crippen molar-refractivity contribution in [2.24, 2.45) is 17.4 Å². The average Bonchev–Trinajstić information content (AvgIpc) is 2.75. The smallest absolute Gasteiger partial charge is 0.326 e. The van der Waals surface area contributed by atoms with Crippen LogP contribution in [0, 0.1) is 5.92 Å². The molecule has 4 amide bonds. The normalized spacial score (nSPS) is 14.1. The minimum Gasteiger partial charge on any atom is -0.481 e. The maximum Gasteiger partial charge on any atom is 0.326 e. The largest absolute Gasteiger partial charge is 0.481 e. The van der Waals surface area contributed by atoms with E-state index in [9.17, 15) is 38.7 Å². The fourth-order valence-corrected chi connectivity index (χ4v) is 3.02. The molecule has 4 atom stereocenters. The molecule has 36 heavy (non-hydrogen) atoms. The Balaban J connectivity index is 5.56. The second-order valence-electron chi connectivity index (χ2n) is 8.63. The van der Waals surface area contributed by atoms with Gasteiger partial charge in [-0.05, 0) is 31.6 Å². The molecule has 15 heteroatoms. The molecule has 4 unspecified atom stereocenters. The Morgan fingerprint density at radius 3 is 1.58 bits per heavy atom. The van der Waals surface area contributed by atoms with E-state index >= 15 is 0 Å². The topological polar surface area (TPSA) is 268 Å². The Morgan fingerprint density at radius 1 is 0.667 bits per heavy atom. The van der Waals surface area contributed by atoms with Crippen molar-refractivity contribution in [2.75, 3.05) is 0 Å². The highest BCUT2D eigenvalue weighted by Crippen LogP contribution is 2.09. The summed E-state index contributed by atoms with van der Waals surface area (Å²) in [5.41, 5.74) is 10.7. The van der Waals surface area contributed by atoms with Gasteiger partial charge in [-0.2, -0.15) is 0 Å². The van der Waals surface area contributed by atoms with Crippen molar-refractivity contribution in [3.63, 3.8) is 0 Å². The highest BCUT2D eigenvalue weighted by Gasteiger charge is 2.31. The summed E-state index contributed by atoms with van der Waals surface area (Å²) < 4.78 is 0. The maximum absolute atomic E-state index is 12.9. The van der Waals surface area contributed by atoms with Gasteiger partial charge < -0.3 is 42.7 Å². The fraction of sp³-hybridized carbons (Fsp3) is 0.667. The lowest BCUT2D eigenvalue weighted by Gasteiger charge is -2.26. The molecule has 0 aromatic heterocycles. The van der Waals surface area contributed by atoms with Gasteiger partial charge in [-0.1, -0.05) is 13.8 Å². The number of hydrogen-bond acceptors (Lipinski definition) is 8. The van der Waals surface area contributed by atoms with E-state index < -0.39 is 78.5 Å². The standard InChI is InChI=1S/C21H35N5O10/c1-10(2)9-14(20(34)25-13(21(35)36)4-6-15(23)27)26-19(33)12(5-8-17(30)31)24-18(32)11(22)3-7-16(28)29/h10-14H,3-9,22H2,1-2H3,(H2,23,27)(H,24,32)(H,25,34)(H,26,33)(H,28,29)(H,30,31)(H,35,36). The van der Waals surface area contributed by atoms with Crippen LogP contribution in [0.5, 0.6) is 0 Å². The molecule has 0 aliphatic heterocycles. The number of carbonyl (C=O) groups is 7. The van der Waals surface area contributed by atoms with Crippen molar-refractivity contribution in [1.29, 1.82) is 0 Å². The third kappa shape index (κ3) is 13.8. The molecule has 0 bridgehead atoms. The van der Waals surface area contributed by atoms with Crippen LogP contribution < -0.4 is 27.4 Å². The average molecular weight is 518 g/mol. The van der Waals surface area contributed by atoms with Gasteiger partial charge in [0, 0.05) is 19.3 Å². The van der Waals surface area contributed by atoms with Gasteiger partial charge in [0.05, 0.1) is 6.04 Å². The summed E-state index contributed by atoms with van der Waals surface area (Å²) >= 11 is 0. The summed E-state index contributed by atoms with van der Waals surface area (Å²) in [5.74, 6) is -7.43. The van der Waals surface area contributed by atoms with Crippen LogP contribution in [0.15, 0.2) is 0 Å². The van der Waals surface area contributed by atoms with E-state index in [2.05, 4.69) is 16.0 Å². The Kier molecular flexibility index (Phi) is 14.4. The molecule has 0 aromatic rings. The van der Waals surface area contributed by atoms with Gasteiger partial charge in [-0.3, -0.25) is 28.8 Å². The van der Waals surface area contributed by atoms with Crippen molar-refractivity contribution in [3.05, 3.63) is 0 Å². The molecule has 15 nitrogen and oxygen atoms in total. The SMILES string of the molecule is CC(C)CC(NC(=O)C(CCC(=O)O)NC(=O)C(N)CCC(=O)O)C(=O)NC(CCC(N)=O)C(=O)O. The van der Waals surface area contributed by atoms with Crippen LogP contribution in [0.1, 0.15) is 58.8 Å². The summed E-state index contributed by atoms with van der Waals surface area (Å²) in [6, 6.07) is -5.40. The van der Waals surface area contributed by atoms with Crippen LogP contribution in [-0.4, -0.2) is 81.0 Å². The third-order valence-corrected chi connectivity index (χ3v) is 4.92. The number of nitrogens with one attached hydrogen (secondary N) is 3. The minimum atomic E-state index is -1.45. The van der Waals surface area contributed by atoms with E-state index in [-0.39, 0.29) is 38.0 Å². The van der Waals surface area contributed by atoms with Crippen LogP contribution in [0.2, 0.25) is 0 Å². The molecule has 0 aliphatic rings. The number of aliphatic carboxylic acids is 3. The van der Waals surface area contributed by atoms with Gasteiger partial charge in [-0.15, -0.1) is 0 Å². The first-order chi connectivity index (χ1) is 16.6. The van der Waals surface area contributed by atoms with Gasteiger partial charge in [0.1, 0.15) is 18.1 Å². The number of carboxylic acids is 3. The number of carbonyl (C=O) groups excluding carboxylic acids is 4. The number of amides is 4. The van der Waals surface area contributed by atoms with Gasteiger partial charge >= 0.3 is 17.9 Å². The Hall–Kier alpha value is -3.75. The van der Waals surface area contributed by atoms with Gasteiger partial charge in [0.15, 0.2) is 0 Å². The molecule has 0 spiro atoms. The van der Waals surface area contributed by atoms with Crippen LogP contribution >= 0.6 is 0 Å². The highest BCUT2D eigenvalue weighted by atomic mass is 16.4. The molecule has 204 valence electrons. The third-order valence-electron chi connectivity index (χ3n) is 4.92. The maximum atomic E-state index is 12.9. The molecule has 0 aliphatic carbocycles. The lowest BCUT2D eigenvalue weighted by molar-refractivity contribution is -0.143. The molecule has 0 saturated heterocycles. The number of nitrogens with two attached hydrogens (primary N) is 2. The predicted octanol–water partition coefficient (Wildman–Crippen LogP) is -2.11. The van der Waals surface area contributed by atoms with Crippen LogP contribution in [0.25, 0.3) is 0 Å². The molecular formula is C21H35N5O10. The Bertz CT molecular complexity index is 832. The second-order valence-corrected chi connectivity index (χ2v) is 8.63. The molecule has 0 rings (SSSR count). The van der Waals surface area contributed by atoms with Crippen molar-refractivity contribution in [3.8, 4) is 0 Å². The van der Waals surface area contributed by atoms with Crippen LogP contribution in [0.3, 0.4) is 0 Å². The van der Waals surface area contributed by atoms with Crippen LogP contribution in [-0.2, 0) is 33.6 Å². The number of rotatable bonds is 18. The zero-order valence-corrected chi connectivity index (χ0v) is 20.2. The van der Waals surface area contributed by atoms with Crippen molar-refractivity contribution in [1.82, 2.24) is 16.0 Å². The Morgan fingerprint density at radius 2 is 1.11 bits per heavy atom. The summed E-state index contributed by atoms with van der Waals surface area (Å²) in [6.07, 6.45) is -2.01. The summed E-state index contributed by atoms with van der Waals surface area (Å²) in [6.45, 7) is 3.47.